The van der Waals surface area contributed by atoms with E-state index in [1.807, 2.05) is 41.8 Å². The van der Waals surface area contributed by atoms with Gasteiger partial charge in [-0.15, -0.1) is 10.2 Å². The van der Waals surface area contributed by atoms with Crippen LogP contribution in [0.2, 0.25) is 0 Å². The number of tetrazole rings is 1. The van der Waals surface area contributed by atoms with Gasteiger partial charge in [-0.25, -0.2) is 4.79 Å². The van der Waals surface area contributed by atoms with E-state index in [1.165, 1.54) is 0 Å². The second kappa shape index (κ2) is 7.36. The van der Waals surface area contributed by atoms with Crippen LogP contribution in [0.25, 0.3) is 11.4 Å². The predicted octanol–water partition coefficient (Wildman–Crippen LogP) is 3.36. The van der Waals surface area contributed by atoms with E-state index in [4.69, 9.17) is 0 Å². The summed E-state index contributed by atoms with van der Waals surface area (Å²) in [5.74, 6) is 0.399. The molecule has 0 fully saturated rings. The molecule has 4 aromatic rings. The van der Waals surface area contributed by atoms with Gasteiger partial charge in [0.1, 0.15) is 0 Å². The van der Waals surface area contributed by atoms with Crippen molar-refractivity contribution < 1.29 is 4.79 Å². The smallest absolute Gasteiger partial charge is 0.328 e. The average molecular weight is 401 g/mol. The van der Waals surface area contributed by atoms with E-state index >= 15 is 0 Å². The maximum absolute atomic E-state index is 12.5. The van der Waals surface area contributed by atoms with Crippen molar-refractivity contribution in [3.63, 3.8) is 0 Å². The van der Waals surface area contributed by atoms with Crippen LogP contribution >= 0.6 is 11.3 Å². The molecule has 0 spiro atoms. The summed E-state index contributed by atoms with van der Waals surface area (Å²) < 4.78 is 0. The van der Waals surface area contributed by atoms with E-state index < -0.39 is 0 Å². The van der Waals surface area contributed by atoms with Gasteiger partial charge in [0.2, 0.25) is 5.82 Å². The van der Waals surface area contributed by atoms with Gasteiger partial charge < -0.3 is 5.32 Å². The van der Waals surface area contributed by atoms with E-state index in [0.717, 1.165) is 22.3 Å². The Labute approximate surface area is 169 Å². The molecule has 29 heavy (non-hydrogen) atoms. The van der Waals surface area contributed by atoms with Crippen LogP contribution in [-0.4, -0.2) is 37.4 Å². The number of aromatic nitrogens is 5. The van der Waals surface area contributed by atoms with Gasteiger partial charge in [0, 0.05) is 23.5 Å². The van der Waals surface area contributed by atoms with Gasteiger partial charge in [0.05, 0.1) is 17.7 Å². The van der Waals surface area contributed by atoms with Crippen LogP contribution in [0.4, 0.5) is 4.79 Å². The zero-order valence-electron chi connectivity index (χ0n) is 15.1. The number of benzene rings is 1. The number of thiophene rings is 1. The molecule has 3 aromatic heterocycles. The third-order valence-corrected chi connectivity index (χ3v) is 5.56. The quantitative estimate of drug-likeness (QED) is 0.545. The fourth-order valence-electron chi connectivity index (χ4n) is 3.55. The van der Waals surface area contributed by atoms with E-state index in [-0.39, 0.29) is 18.0 Å². The molecule has 2 atom stereocenters. The third kappa shape index (κ3) is 3.32. The minimum absolute atomic E-state index is 0.126. The van der Waals surface area contributed by atoms with Gasteiger partial charge >= 0.3 is 6.03 Å². The average Bonchev–Trinajstić information content (AvgIpc) is 3.48. The van der Waals surface area contributed by atoms with Crippen molar-refractivity contribution in [3.8, 4) is 11.4 Å². The zero-order valence-corrected chi connectivity index (χ0v) is 15.9. The summed E-state index contributed by atoms with van der Waals surface area (Å²) in [6.45, 7) is 0. The molecule has 2 unspecified atom stereocenters. The molecular weight excluding hydrogens is 386 g/mol. The highest BCUT2D eigenvalue weighted by molar-refractivity contribution is 7.08. The summed E-state index contributed by atoms with van der Waals surface area (Å²) in [5.41, 5.74) is 4.47. The van der Waals surface area contributed by atoms with Crippen molar-refractivity contribution in [2.45, 2.75) is 12.0 Å². The first-order valence-electron chi connectivity index (χ1n) is 8.95. The first kappa shape index (κ1) is 17.4. The van der Waals surface area contributed by atoms with Crippen LogP contribution in [0.15, 0.2) is 70.6 Å². The monoisotopic (exact) mass is 401 g/mol. The number of amides is 2. The van der Waals surface area contributed by atoms with Crippen molar-refractivity contribution in [2.24, 2.45) is 4.99 Å². The number of nitrogens with one attached hydrogen (secondary N) is 2. The number of urea groups is 1. The Bertz CT molecular complexity index is 1140. The number of nitrogens with zero attached hydrogens (tertiary/aromatic N) is 5. The maximum atomic E-state index is 12.5. The van der Waals surface area contributed by atoms with Crippen LogP contribution in [0.5, 0.6) is 0 Å². The topological polar surface area (TPSA) is 109 Å². The Morgan fingerprint density at radius 2 is 1.90 bits per heavy atom. The fourth-order valence-corrected chi connectivity index (χ4v) is 4.24. The summed E-state index contributed by atoms with van der Waals surface area (Å²) >= 11 is 1.62. The number of rotatable bonds is 4. The molecule has 0 saturated heterocycles. The molecule has 1 aliphatic rings. The van der Waals surface area contributed by atoms with E-state index in [0.29, 0.717) is 11.5 Å². The Kier molecular flexibility index (Phi) is 4.41. The SMILES string of the molecule is O=C1N=C(c2cccnc2)C(c2ccsc2)C(c2ccc(-c3nn[nH]n3)cc2)N1. The lowest BCUT2D eigenvalue weighted by Crippen LogP contribution is -2.39. The molecule has 142 valence electrons. The molecule has 9 heteroatoms. The summed E-state index contributed by atoms with van der Waals surface area (Å²) in [6, 6.07) is 13.0. The van der Waals surface area contributed by atoms with Crippen molar-refractivity contribution in [1.82, 2.24) is 30.9 Å². The van der Waals surface area contributed by atoms with Gasteiger partial charge in [-0.3, -0.25) is 4.98 Å². The number of aliphatic imine (C=N–C) groups is 1. The van der Waals surface area contributed by atoms with Crippen molar-refractivity contribution in [2.75, 3.05) is 0 Å². The first-order chi connectivity index (χ1) is 14.3. The van der Waals surface area contributed by atoms with Gasteiger partial charge in [-0.1, -0.05) is 30.3 Å². The molecule has 8 nitrogen and oxygen atoms in total. The van der Waals surface area contributed by atoms with E-state index in [2.05, 4.69) is 47.4 Å². The second-order valence-corrected chi connectivity index (χ2v) is 7.34. The minimum Gasteiger partial charge on any atom is -0.328 e. The van der Waals surface area contributed by atoms with Crippen molar-refractivity contribution >= 4 is 23.1 Å². The van der Waals surface area contributed by atoms with Crippen molar-refractivity contribution in [1.29, 1.82) is 0 Å². The van der Waals surface area contributed by atoms with Crippen LogP contribution in [0.1, 0.15) is 28.7 Å². The molecule has 0 radical (unpaired) electrons. The molecule has 4 heterocycles. The summed E-state index contributed by atoms with van der Waals surface area (Å²) in [5, 5.41) is 21.2. The summed E-state index contributed by atoms with van der Waals surface area (Å²) in [7, 11) is 0. The van der Waals surface area contributed by atoms with E-state index in [9.17, 15) is 4.79 Å². The lowest BCUT2D eigenvalue weighted by atomic mass is 9.81. The van der Waals surface area contributed by atoms with Crippen LogP contribution in [0, 0.1) is 0 Å². The van der Waals surface area contributed by atoms with Gasteiger partial charge in [-0.2, -0.15) is 21.5 Å². The van der Waals surface area contributed by atoms with E-state index in [1.54, 1.807) is 23.7 Å². The number of hydrogen-bond acceptors (Lipinski definition) is 6. The predicted molar refractivity (Wildman–Crippen MR) is 109 cm³/mol. The molecule has 0 aliphatic carbocycles. The molecule has 0 bridgehead atoms. The fraction of sp³-hybridized carbons (Fsp3) is 0.100. The molecule has 0 saturated carbocycles. The lowest BCUT2D eigenvalue weighted by Gasteiger charge is -2.32. The Morgan fingerprint density at radius 1 is 1.00 bits per heavy atom. The summed E-state index contributed by atoms with van der Waals surface area (Å²) in [6.07, 6.45) is 3.45. The van der Waals surface area contributed by atoms with Crippen LogP contribution in [-0.2, 0) is 0 Å². The molecule has 2 amide bonds. The first-order valence-corrected chi connectivity index (χ1v) is 9.89. The molecule has 2 N–H and O–H groups in total. The Balaban J connectivity index is 1.58. The largest absolute Gasteiger partial charge is 0.341 e. The van der Waals surface area contributed by atoms with Crippen molar-refractivity contribution in [3.05, 3.63) is 82.3 Å². The highest BCUT2D eigenvalue weighted by atomic mass is 32.1. The lowest BCUT2D eigenvalue weighted by molar-refractivity contribution is 0.243. The molecular formula is C20H15N7OS. The van der Waals surface area contributed by atoms with Gasteiger partial charge in [0.25, 0.3) is 0 Å². The van der Waals surface area contributed by atoms with Crippen LogP contribution < -0.4 is 5.32 Å². The van der Waals surface area contributed by atoms with Crippen LogP contribution in [0.3, 0.4) is 0 Å². The maximum Gasteiger partial charge on any atom is 0.341 e. The van der Waals surface area contributed by atoms with Gasteiger partial charge in [-0.05, 0) is 39.2 Å². The number of carbonyl (C=O) groups is 1. The second-order valence-electron chi connectivity index (χ2n) is 6.56. The zero-order chi connectivity index (χ0) is 19.6. The molecule has 1 aromatic carbocycles. The number of aromatic amines is 1. The number of pyridine rings is 1. The molecule has 5 rings (SSSR count). The Hall–Kier alpha value is -3.72. The van der Waals surface area contributed by atoms with Gasteiger partial charge in [0.15, 0.2) is 0 Å². The third-order valence-electron chi connectivity index (χ3n) is 4.86. The standard InChI is InChI=1S/C20H15N7OS/c28-20-22-17(12-3-5-13(6-4-12)19-24-26-27-25-19)16(15-7-9-29-11-15)18(23-20)14-2-1-8-21-10-14/h1-11,16-17H,(H,22,28)(H,24,25,26,27). The summed E-state index contributed by atoms with van der Waals surface area (Å²) in [4.78, 5) is 21.0. The Morgan fingerprint density at radius 3 is 2.59 bits per heavy atom. The highest BCUT2D eigenvalue weighted by Crippen LogP contribution is 2.38. The number of H-pyrrole nitrogens is 1. The number of carbonyl (C=O) groups excluding carboxylic acids is 1. The highest BCUT2D eigenvalue weighted by Gasteiger charge is 2.35. The number of hydrogen-bond donors (Lipinski definition) is 2. The molecule has 1 aliphatic heterocycles. The normalized spacial score (nSPS) is 18.9. The minimum atomic E-state index is -0.359.